The molecule has 0 radical (unpaired) electrons. The fourth-order valence-electron chi connectivity index (χ4n) is 6.65. The van der Waals surface area contributed by atoms with Crippen LogP contribution in [0.25, 0.3) is 22.2 Å². The summed E-state index contributed by atoms with van der Waals surface area (Å²) in [7, 11) is 0. The summed E-state index contributed by atoms with van der Waals surface area (Å²) < 4.78 is 40.9. The Bertz CT molecular complexity index is 1560. The molecule has 7 heteroatoms. The molecule has 1 aromatic heterocycles. The lowest BCUT2D eigenvalue weighted by atomic mass is 9.76. The van der Waals surface area contributed by atoms with Crippen LogP contribution in [0.5, 0.6) is 0 Å². The van der Waals surface area contributed by atoms with Crippen LogP contribution in [0.4, 0.5) is 25.8 Å². The molecule has 0 unspecified atom stereocenters. The fourth-order valence-corrected chi connectivity index (χ4v) is 6.65. The van der Waals surface area contributed by atoms with Gasteiger partial charge in [-0.3, -0.25) is 0 Å². The number of morpholine rings is 1. The highest BCUT2D eigenvalue weighted by atomic mass is 19.1. The van der Waals surface area contributed by atoms with Gasteiger partial charge in [-0.15, -0.1) is 0 Å². The van der Waals surface area contributed by atoms with Gasteiger partial charge in [0, 0.05) is 66.7 Å². The zero-order chi connectivity index (χ0) is 26.6. The summed E-state index contributed by atoms with van der Waals surface area (Å²) in [5.74, 6) is -0.700. The molecule has 0 amide bonds. The number of benzene rings is 3. The molecule has 7 rings (SSSR count). The van der Waals surface area contributed by atoms with Crippen molar-refractivity contribution in [3.05, 3.63) is 83.4 Å². The SMILES string of the molecule is Cc1c(-c2ccccc2F)nc2cc(F)ccc2c1N1CC2(CCOCC2)c2ccc(N3CCOCC3)cc21. The van der Waals surface area contributed by atoms with Crippen LogP contribution in [0.15, 0.2) is 60.7 Å². The maximum Gasteiger partial charge on any atom is 0.132 e. The van der Waals surface area contributed by atoms with Crippen molar-refractivity contribution in [2.24, 2.45) is 0 Å². The van der Waals surface area contributed by atoms with E-state index in [-0.39, 0.29) is 17.0 Å². The average Bonchev–Trinajstić information content (AvgIpc) is 3.26. The first-order valence-corrected chi connectivity index (χ1v) is 13.7. The van der Waals surface area contributed by atoms with Crippen LogP contribution >= 0.6 is 0 Å². The van der Waals surface area contributed by atoms with E-state index in [0.29, 0.717) is 30.0 Å². The smallest absolute Gasteiger partial charge is 0.132 e. The first-order chi connectivity index (χ1) is 19.0. The third-order valence-electron chi connectivity index (χ3n) is 8.69. The molecule has 39 heavy (non-hydrogen) atoms. The Morgan fingerprint density at radius 2 is 1.64 bits per heavy atom. The number of hydrogen-bond acceptors (Lipinski definition) is 5. The van der Waals surface area contributed by atoms with Gasteiger partial charge in [0.2, 0.25) is 0 Å². The predicted molar refractivity (Wildman–Crippen MR) is 150 cm³/mol. The molecule has 0 saturated carbocycles. The Hall–Kier alpha value is -3.55. The van der Waals surface area contributed by atoms with E-state index in [1.807, 2.05) is 19.1 Å². The molecule has 2 saturated heterocycles. The number of hydrogen-bond donors (Lipinski definition) is 0. The quantitative estimate of drug-likeness (QED) is 0.303. The molecule has 4 aromatic rings. The summed E-state index contributed by atoms with van der Waals surface area (Å²) in [6.45, 7) is 7.37. The number of pyridine rings is 1. The first kappa shape index (κ1) is 24.5. The van der Waals surface area contributed by atoms with Crippen LogP contribution < -0.4 is 9.80 Å². The predicted octanol–water partition coefficient (Wildman–Crippen LogP) is 6.52. The zero-order valence-electron chi connectivity index (χ0n) is 22.1. The second kappa shape index (κ2) is 9.57. The number of anilines is 3. The van der Waals surface area contributed by atoms with Crippen molar-refractivity contribution in [3.63, 3.8) is 0 Å². The minimum absolute atomic E-state index is 0.0443. The molecule has 2 fully saturated rings. The molecule has 3 aliphatic heterocycles. The van der Waals surface area contributed by atoms with Crippen molar-refractivity contribution in [2.75, 3.05) is 55.9 Å². The van der Waals surface area contributed by atoms with E-state index >= 15 is 4.39 Å². The van der Waals surface area contributed by atoms with Gasteiger partial charge >= 0.3 is 0 Å². The monoisotopic (exact) mass is 527 g/mol. The number of nitrogens with zero attached hydrogens (tertiary/aromatic N) is 3. The molecule has 200 valence electrons. The lowest BCUT2D eigenvalue weighted by Crippen LogP contribution is -2.37. The molecule has 3 aliphatic rings. The van der Waals surface area contributed by atoms with Gasteiger partial charge in [-0.25, -0.2) is 13.8 Å². The number of rotatable bonds is 3. The van der Waals surface area contributed by atoms with Crippen LogP contribution in [-0.2, 0) is 14.9 Å². The first-order valence-electron chi connectivity index (χ1n) is 13.7. The van der Waals surface area contributed by atoms with Gasteiger partial charge in [0.25, 0.3) is 0 Å². The van der Waals surface area contributed by atoms with Crippen molar-refractivity contribution in [1.29, 1.82) is 0 Å². The lowest BCUT2D eigenvalue weighted by molar-refractivity contribution is 0.0558. The minimum Gasteiger partial charge on any atom is -0.381 e. The third kappa shape index (κ3) is 4.07. The van der Waals surface area contributed by atoms with Gasteiger partial charge < -0.3 is 19.3 Å². The van der Waals surface area contributed by atoms with Crippen LogP contribution in [0, 0.1) is 18.6 Å². The van der Waals surface area contributed by atoms with E-state index < -0.39 is 0 Å². The molecule has 3 aromatic carbocycles. The topological polar surface area (TPSA) is 37.8 Å². The second-order valence-electron chi connectivity index (χ2n) is 10.9. The Morgan fingerprint density at radius 3 is 2.44 bits per heavy atom. The summed E-state index contributed by atoms with van der Waals surface area (Å²) >= 11 is 0. The van der Waals surface area contributed by atoms with Crippen molar-refractivity contribution in [3.8, 4) is 11.3 Å². The van der Waals surface area contributed by atoms with E-state index in [1.54, 1.807) is 12.1 Å². The molecule has 0 N–H and O–H groups in total. The standard InChI is InChI=1S/C32H31F2N3O2/c1-21-30(24-4-2-3-5-27(24)34)35-28-18-22(33)6-8-25(28)31(21)37-20-32(10-14-38-15-11-32)26-9-7-23(19-29(26)37)36-12-16-39-17-13-36/h2-9,18-19H,10-17,20H2,1H3. The van der Waals surface area contributed by atoms with Gasteiger partial charge in [0.1, 0.15) is 11.6 Å². The zero-order valence-corrected chi connectivity index (χ0v) is 22.1. The maximum atomic E-state index is 15.1. The molecule has 4 heterocycles. The van der Waals surface area contributed by atoms with Gasteiger partial charge in [0.15, 0.2) is 0 Å². The molecule has 0 aliphatic carbocycles. The number of aromatic nitrogens is 1. The molecule has 5 nitrogen and oxygen atoms in total. The Kier molecular flexibility index (Phi) is 6.01. The van der Waals surface area contributed by atoms with E-state index in [9.17, 15) is 4.39 Å². The third-order valence-corrected chi connectivity index (χ3v) is 8.69. The average molecular weight is 528 g/mol. The van der Waals surface area contributed by atoms with Gasteiger partial charge in [0.05, 0.1) is 30.1 Å². The second-order valence-corrected chi connectivity index (χ2v) is 10.9. The highest BCUT2D eigenvalue weighted by Gasteiger charge is 2.45. The molecule has 0 bridgehead atoms. The van der Waals surface area contributed by atoms with Gasteiger partial charge in [-0.2, -0.15) is 0 Å². The summed E-state index contributed by atoms with van der Waals surface area (Å²) in [6.07, 6.45) is 1.87. The van der Waals surface area contributed by atoms with Crippen molar-refractivity contribution >= 4 is 28.0 Å². The van der Waals surface area contributed by atoms with E-state index in [1.165, 1.54) is 29.4 Å². The van der Waals surface area contributed by atoms with E-state index in [2.05, 4.69) is 28.0 Å². The number of halogens is 2. The maximum absolute atomic E-state index is 15.1. The van der Waals surface area contributed by atoms with Crippen molar-refractivity contribution in [1.82, 2.24) is 4.98 Å². The normalized spacial score (nSPS) is 18.6. The number of fused-ring (bicyclic) bond motifs is 3. The van der Waals surface area contributed by atoms with Crippen LogP contribution in [0.1, 0.15) is 24.0 Å². The Morgan fingerprint density at radius 1 is 0.872 bits per heavy atom. The van der Waals surface area contributed by atoms with Crippen LogP contribution in [-0.4, -0.2) is 51.0 Å². The summed E-state index contributed by atoms with van der Waals surface area (Å²) in [5, 5.41) is 0.862. The van der Waals surface area contributed by atoms with E-state index in [0.717, 1.165) is 68.0 Å². The van der Waals surface area contributed by atoms with Crippen molar-refractivity contribution in [2.45, 2.75) is 25.2 Å². The Balaban J connectivity index is 1.46. The summed E-state index contributed by atoms with van der Waals surface area (Å²) in [4.78, 5) is 9.55. The highest BCUT2D eigenvalue weighted by molar-refractivity contribution is 6.00. The molecular formula is C32H31F2N3O2. The number of ether oxygens (including phenoxy) is 2. The lowest BCUT2D eigenvalue weighted by Gasteiger charge is -2.35. The van der Waals surface area contributed by atoms with Gasteiger partial charge in [-0.1, -0.05) is 18.2 Å². The fraction of sp³-hybridized carbons (Fsp3) is 0.344. The summed E-state index contributed by atoms with van der Waals surface area (Å²) in [6, 6.07) is 18.3. The van der Waals surface area contributed by atoms with Crippen molar-refractivity contribution < 1.29 is 18.3 Å². The minimum atomic E-state index is -0.360. The molecule has 0 atom stereocenters. The molecular weight excluding hydrogens is 496 g/mol. The summed E-state index contributed by atoms with van der Waals surface area (Å²) in [5.41, 5.74) is 6.92. The highest BCUT2D eigenvalue weighted by Crippen LogP contribution is 2.53. The van der Waals surface area contributed by atoms with Crippen LogP contribution in [0.2, 0.25) is 0 Å². The van der Waals surface area contributed by atoms with Gasteiger partial charge in [-0.05, 0) is 67.3 Å². The Labute approximate surface area is 227 Å². The van der Waals surface area contributed by atoms with E-state index in [4.69, 9.17) is 14.5 Å². The van der Waals surface area contributed by atoms with Crippen LogP contribution in [0.3, 0.4) is 0 Å². The largest absolute Gasteiger partial charge is 0.381 e. The molecule has 1 spiro atoms.